The van der Waals surface area contributed by atoms with E-state index in [1.807, 2.05) is 24.4 Å². The number of aromatic amines is 1. The SMILES string of the molecule is COc1ccc2[nH]cc(CCNC(=O)CN3C(=O)C(=Cc4ccco4)SC3=S)c2c1. The van der Waals surface area contributed by atoms with E-state index in [9.17, 15) is 9.59 Å². The van der Waals surface area contributed by atoms with Crippen LogP contribution in [0.2, 0.25) is 0 Å². The van der Waals surface area contributed by atoms with E-state index in [4.69, 9.17) is 21.4 Å². The predicted molar refractivity (Wildman–Crippen MR) is 120 cm³/mol. The third-order valence-electron chi connectivity index (χ3n) is 4.68. The third kappa shape index (κ3) is 4.27. The number of thioether (sulfide) groups is 1. The van der Waals surface area contributed by atoms with Crippen molar-refractivity contribution in [2.75, 3.05) is 20.2 Å². The number of nitrogens with one attached hydrogen (secondary N) is 2. The Bertz CT molecular complexity index is 1130. The van der Waals surface area contributed by atoms with Gasteiger partial charge in [-0.15, -0.1) is 0 Å². The van der Waals surface area contributed by atoms with Crippen molar-refractivity contribution in [2.45, 2.75) is 6.42 Å². The van der Waals surface area contributed by atoms with Gasteiger partial charge in [-0.2, -0.15) is 0 Å². The van der Waals surface area contributed by atoms with Crippen molar-refractivity contribution >= 4 is 57.1 Å². The Morgan fingerprint density at radius 3 is 3.03 bits per heavy atom. The minimum absolute atomic E-state index is 0.109. The summed E-state index contributed by atoms with van der Waals surface area (Å²) in [5.41, 5.74) is 2.09. The van der Waals surface area contributed by atoms with Gasteiger partial charge in [-0.1, -0.05) is 24.0 Å². The molecule has 2 amide bonds. The lowest BCUT2D eigenvalue weighted by Gasteiger charge is -2.14. The van der Waals surface area contributed by atoms with Crippen LogP contribution in [-0.2, 0) is 16.0 Å². The smallest absolute Gasteiger partial charge is 0.266 e. The lowest BCUT2D eigenvalue weighted by molar-refractivity contribution is -0.128. The molecule has 154 valence electrons. The first-order valence-electron chi connectivity index (χ1n) is 9.24. The van der Waals surface area contributed by atoms with Crippen LogP contribution in [0.25, 0.3) is 17.0 Å². The number of aromatic nitrogens is 1. The molecule has 4 rings (SSSR count). The zero-order chi connectivity index (χ0) is 21.1. The predicted octanol–water partition coefficient (Wildman–Crippen LogP) is 3.33. The molecule has 0 bridgehead atoms. The maximum atomic E-state index is 12.6. The van der Waals surface area contributed by atoms with E-state index in [0.717, 1.165) is 34.0 Å². The highest BCUT2D eigenvalue weighted by Gasteiger charge is 2.33. The number of benzene rings is 1. The number of furan rings is 1. The maximum Gasteiger partial charge on any atom is 0.266 e. The van der Waals surface area contributed by atoms with Gasteiger partial charge >= 0.3 is 0 Å². The Kier molecular flexibility index (Phi) is 5.91. The van der Waals surface area contributed by atoms with E-state index in [-0.39, 0.29) is 18.4 Å². The summed E-state index contributed by atoms with van der Waals surface area (Å²) in [5.74, 6) is 0.794. The van der Waals surface area contributed by atoms with Crippen molar-refractivity contribution in [3.63, 3.8) is 0 Å². The number of amides is 2. The van der Waals surface area contributed by atoms with Gasteiger partial charge in [0, 0.05) is 29.7 Å². The fraction of sp³-hybridized carbons (Fsp3) is 0.190. The number of thiocarbonyl (C=S) groups is 1. The van der Waals surface area contributed by atoms with Gasteiger partial charge < -0.3 is 19.5 Å². The second kappa shape index (κ2) is 8.76. The van der Waals surface area contributed by atoms with Crippen LogP contribution in [0.15, 0.2) is 52.1 Å². The molecule has 2 N–H and O–H groups in total. The largest absolute Gasteiger partial charge is 0.497 e. The summed E-state index contributed by atoms with van der Waals surface area (Å²) in [5, 5.41) is 3.92. The second-order valence-electron chi connectivity index (χ2n) is 6.61. The number of methoxy groups -OCH3 is 1. The summed E-state index contributed by atoms with van der Waals surface area (Å²) >= 11 is 6.43. The molecule has 0 aliphatic carbocycles. The van der Waals surface area contributed by atoms with Crippen LogP contribution in [0.4, 0.5) is 0 Å². The van der Waals surface area contributed by atoms with Crippen LogP contribution in [0.5, 0.6) is 5.75 Å². The highest BCUT2D eigenvalue weighted by Crippen LogP contribution is 2.32. The third-order valence-corrected chi connectivity index (χ3v) is 6.06. The molecule has 30 heavy (non-hydrogen) atoms. The molecule has 0 saturated carbocycles. The van der Waals surface area contributed by atoms with Crippen LogP contribution in [-0.4, -0.2) is 46.2 Å². The number of carbonyl (C=O) groups excluding carboxylic acids is 2. The molecular formula is C21H19N3O4S2. The highest BCUT2D eigenvalue weighted by molar-refractivity contribution is 8.26. The van der Waals surface area contributed by atoms with Crippen molar-refractivity contribution in [1.82, 2.24) is 15.2 Å². The number of ether oxygens (including phenoxy) is 1. The Morgan fingerprint density at radius 2 is 2.27 bits per heavy atom. The summed E-state index contributed by atoms with van der Waals surface area (Å²) in [4.78, 5) is 29.9. The molecule has 0 spiro atoms. The summed E-state index contributed by atoms with van der Waals surface area (Å²) in [6.45, 7) is 0.335. The minimum Gasteiger partial charge on any atom is -0.497 e. The van der Waals surface area contributed by atoms with E-state index in [1.54, 1.807) is 25.3 Å². The van der Waals surface area contributed by atoms with Crippen molar-refractivity contribution in [2.24, 2.45) is 0 Å². The average molecular weight is 442 g/mol. The highest BCUT2D eigenvalue weighted by atomic mass is 32.2. The summed E-state index contributed by atoms with van der Waals surface area (Å²) in [6, 6.07) is 9.31. The molecule has 1 fully saturated rings. The van der Waals surface area contributed by atoms with Gasteiger partial charge in [0.15, 0.2) is 0 Å². The molecule has 1 aliphatic heterocycles. The van der Waals surface area contributed by atoms with Gasteiger partial charge in [-0.05, 0) is 42.3 Å². The fourth-order valence-electron chi connectivity index (χ4n) is 3.17. The molecule has 9 heteroatoms. The number of nitrogens with zero attached hydrogens (tertiary/aromatic N) is 1. The first-order chi connectivity index (χ1) is 14.5. The molecule has 0 atom stereocenters. The zero-order valence-corrected chi connectivity index (χ0v) is 17.8. The fourth-order valence-corrected chi connectivity index (χ4v) is 4.40. The zero-order valence-electron chi connectivity index (χ0n) is 16.1. The molecule has 7 nitrogen and oxygen atoms in total. The summed E-state index contributed by atoms with van der Waals surface area (Å²) in [6.07, 6.45) is 5.74. The normalized spacial score (nSPS) is 15.4. The molecule has 3 aromatic rings. The Morgan fingerprint density at radius 1 is 1.40 bits per heavy atom. The lowest BCUT2D eigenvalue weighted by atomic mass is 10.1. The quantitative estimate of drug-likeness (QED) is 0.432. The van der Waals surface area contributed by atoms with Crippen molar-refractivity contribution in [3.8, 4) is 5.75 Å². The molecule has 1 aromatic carbocycles. The van der Waals surface area contributed by atoms with Crippen molar-refractivity contribution in [3.05, 3.63) is 59.0 Å². The van der Waals surface area contributed by atoms with Crippen LogP contribution in [0, 0.1) is 0 Å². The number of hydrogen-bond donors (Lipinski definition) is 2. The molecule has 0 radical (unpaired) electrons. The number of fused-ring (bicyclic) bond motifs is 1. The number of hydrogen-bond acceptors (Lipinski definition) is 6. The topological polar surface area (TPSA) is 87.6 Å². The number of H-pyrrole nitrogens is 1. The van der Waals surface area contributed by atoms with E-state index < -0.39 is 0 Å². The standard InChI is InChI=1S/C21H19N3O4S2/c1-27-14-4-5-17-16(9-14)13(11-23-17)6-7-22-19(25)12-24-20(26)18(30-21(24)29)10-15-3-2-8-28-15/h2-5,8-11,23H,6-7,12H2,1H3,(H,22,25). The Labute approximate surface area is 182 Å². The number of rotatable bonds is 7. The maximum absolute atomic E-state index is 12.6. The Balaban J connectivity index is 1.33. The average Bonchev–Trinajstić information content (AvgIpc) is 3.45. The second-order valence-corrected chi connectivity index (χ2v) is 8.28. The van der Waals surface area contributed by atoms with E-state index in [0.29, 0.717) is 28.0 Å². The minimum atomic E-state index is -0.291. The van der Waals surface area contributed by atoms with Crippen molar-refractivity contribution in [1.29, 1.82) is 0 Å². The lowest BCUT2D eigenvalue weighted by Crippen LogP contribution is -2.40. The van der Waals surface area contributed by atoms with Crippen LogP contribution in [0.3, 0.4) is 0 Å². The molecule has 0 unspecified atom stereocenters. The first kappa shape index (κ1) is 20.2. The molecule has 3 heterocycles. The van der Waals surface area contributed by atoms with Crippen molar-refractivity contribution < 1.29 is 18.7 Å². The first-order valence-corrected chi connectivity index (χ1v) is 10.5. The van der Waals surface area contributed by atoms with Gasteiger partial charge in [-0.25, -0.2) is 0 Å². The van der Waals surface area contributed by atoms with Gasteiger partial charge in [0.25, 0.3) is 5.91 Å². The Hall–Kier alpha value is -3.04. The molecular weight excluding hydrogens is 422 g/mol. The van der Waals surface area contributed by atoms with Crippen LogP contribution in [0.1, 0.15) is 11.3 Å². The van der Waals surface area contributed by atoms with Crippen LogP contribution < -0.4 is 10.1 Å². The number of carbonyl (C=O) groups is 2. The van der Waals surface area contributed by atoms with Gasteiger partial charge in [0.2, 0.25) is 5.91 Å². The van der Waals surface area contributed by atoms with Gasteiger partial charge in [-0.3, -0.25) is 14.5 Å². The molecule has 1 aliphatic rings. The molecule has 1 saturated heterocycles. The summed E-state index contributed by atoms with van der Waals surface area (Å²) < 4.78 is 10.9. The van der Waals surface area contributed by atoms with E-state index in [1.165, 1.54) is 11.2 Å². The van der Waals surface area contributed by atoms with Gasteiger partial charge in [0.05, 0.1) is 18.3 Å². The molecule has 2 aromatic heterocycles. The van der Waals surface area contributed by atoms with E-state index >= 15 is 0 Å². The van der Waals surface area contributed by atoms with Crippen LogP contribution >= 0.6 is 24.0 Å². The van der Waals surface area contributed by atoms with E-state index in [2.05, 4.69) is 10.3 Å². The monoisotopic (exact) mass is 441 g/mol. The van der Waals surface area contributed by atoms with Gasteiger partial charge in [0.1, 0.15) is 22.4 Å². The summed E-state index contributed by atoms with van der Waals surface area (Å²) in [7, 11) is 1.63.